The molecule has 0 saturated carbocycles. The zero-order valence-corrected chi connectivity index (χ0v) is 16.8. The van der Waals surface area contributed by atoms with E-state index in [2.05, 4.69) is 15.5 Å². The van der Waals surface area contributed by atoms with Gasteiger partial charge in [0.1, 0.15) is 21.8 Å². The molecule has 0 aromatic carbocycles. The maximum atomic E-state index is 12.8. The lowest BCUT2D eigenvalue weighted by Gasteiger charge is -2.21. The maximum Gasteiger partial charge on any atom is 0.322 e. The van der Waals surface area contributed by atoms with Crippen molar-refractivity contribution in [2.75, 3.05) is 11.9 Å². The number of aryl methyl sites for hydroxylation is 2. The summed E-state index contributed by atoms with van der Waals surface area (Å²) in [7, 11) is -3.71. The van der Waals surface area contributed by atoms with Gasteiger partial charge in [-0.1, -0.05) is 11.2 Å². The van der Waals surface area contributed by atoms with E-state index in [0.29, 0.717) is 36.5 Å². The van der Waals surface area contributed by atoms with E-state index in [1.165, 1.54) is 10.4 Å². The van der Waals surface area contributed by atoms with Crippen molar-refractivity contribution in [1.82, 2.24) is 14.5 Å². The van der Waals surface area contributed by atoms with Crippen molar-refractivity contribution in [3.8, 4) is 11.5 Å². The number of sulfonamides is 1. The lowest BCUT2D eigenvalue weighted by atomic mass is 10.2. The number of amides is 1. The first-order chi connectivity index (χ1) is 13.4. The fourth-order valence-corrected chi connectivity index (χ4v) is 6.01. The van der Waals surface area contributed by atoms with Gasteiger partial charge in [-0.25, -0.2) is 8.42 Å². The molecule has 1 amide bonds. The Morgan fingerprint density at radius 1 is 1.32 bits per heavy atom. The summed E-state index contributed by atoms with van der Waals surface area (Å²) in [6.07, 6.45) is 1.03. The highest BCUT2D eigenvalue weighted by Crippen LogP contribution is 2.30. The molecule has 11 heteroatoms. The number of furan rings is 1. The Kier molecular flexibility index (Phi) is 4.81. The first-order valence-corrected chi connectivity index (χ1v) is 11.0. The van der Waals surface area contributed by atoms with Crippen molar-refractivity contribution in [3.05, 3.63) is 35.1 Å². The van der Waals surface area contributed by atoms with Gasteiger partial charge in [-0.05, 0) is 44.2 Å². The van der Waals surface area contributed by atoms with Crippen molar-refractivity contribution in [3.63, 3.8) is 0 Å². The molecule has 4 heterocycles. The summed E-state index contributed by atoms with van der Waals surface area (Å²) >= 11 is 1.13. The van der Waals surface area contributed by atoms with Gasteiger partial charge in [0.2, 0.25) is 5.91 Å². The van der Waals surface area contributed by atoms with E-state index in [-0.39, 0.29) is 16.1 Å². The van der Waals surface area contributed by atoms with Gasteiger partial charge in [0.25, 0.3) is 15.9 Å². The van der Waals surface area contributed by atoms with Crippen LogP contribution in [0.1, 0.15) is 24.4 Å². The molecule has 1 N–H and O–H groups in total. The lowest BCUT2D eigenvalue weighted by molar-refractivity contribution is -0.119. The van der Waals surface area contributed by atoms with Crippen LogP contribution in [0.25, 0.3) is 11.5 Å². The molecule has 1 fully saturated rings. The molecular formula is C17H18N4O5S2. The van der Waals surface area contributed by atoms with Crippen molar-refractivity contribution >= 4 is 33.3 Å². The average molecular weight is 422 g/mol. The molecule has 1 saturated heterocycles. The summed E-state index contributed by atoms with van der Waals surface area (Å²) in [6, 6.07) is 4.06. The maximum absolute atomic E-state index is 12.8. The van der Waals surface area contributed by atoms with E-state index in [4.69, 9.17) is 8.83 Å². The number of hydrogen-bond donors (Lipinski definition) is 1. The summed E-state index contributed by atoms with van der Waals surface area (Å²) in [5.74, 6) is 1.06. The third-order valence-corrected chi connectivity index (χ3v) is 7.77. The first kappa shape index (κ1) is 18.8. The number of carbonyl (C=O) groups excluding carboxylic acids is 1. The third kappa shape index (κ3) is 3.36. The Bertz CT molecular complexity index is 1100. The number of carbonyl (C=O) groups is 1. The number of rotatable bonds is 5. The van der Waals surface area contributed by atoms with Crippen LogP contribution in [0.5, 0.6) is 0 Å². The average Bonchev–Trinajstić information content (AvgIpc) is 3.42. The van der Waals surface area contributed by atoms with Crippen LogP contribution in [-0.4, -0.2) is 41.4 Å². The van der Waals surface area contributed by atoms with Crippen molar-refractivity contribution < 1.29 is 22.0 Å². The van der Waals surface area contributed by atoms with E-state index in [0.717, 1.165) is 11.3 Å². The Balaban J connectivity index is 1.51. The second kappa shape index (κ2) is 7.15. The van der Waals surface area contributed by atoms with E-state index >= 15 is 0 Å². The van der Waals surface area contributed by atoms with Gasteiger partial charge in [0.05, 0.1) is 5.56 Å². The predicted molar refractivity (Wildman–Crippen MR) is 101 cm³/mol. The first-order valence-electron chi connectivity index (χ1n) is 8.63. The summed E-state index contributed by atoms with van der Waals surface area (Å²) < 4.78 is 38.0. The molecule has 3 aromatic heterocycles. The Labute approximate surface area is 165 Å². The molecule has 1 aliphatic heterocycles. The van der Waals surface area contributed by atoms with Gasteiger partial charge in [0, 0.05) is 6.54 Å². The van der Waals surface area contributed by atoms with Crippen LogP contribution in [0, 0.1) is 13.8 Å². The van der Waals surface area contributed by atoms with Gasteiger partial charge in [-0.2, -0.15) is 4.31 Å². The molecule has 1 aliphatic rings. The molecule has 3 aromatic rings. The number of aromatic nitrogens is 2. The van der Waals surface area contributed by atoms with E-state index in [1.807, 2.05) is 0 Å². The highest BCUT2D eigenvalue weighted by atomic mass is 32.2. The SMILES string of the molecule is Cc1cc(-c2nnc(NC(=O)C3CCCN3S(=O)(=O)c3cccs3)o2)c(C)o1. The highest BCUT2D eigenvalue weighted by Gasteiger charge is 2.40. The number of nitrogens with one attached hydrogen (secondary N) is 1. The smallest absolute Gasteiger partial charge is 0.322 e. The second-order valence-corrected chi connectivity index (χ2v) is 9.50. The van der Waals surface area contributed by atoms with E-state index in [1.54, 1.807) is 31.4 Å². The van der Waals surface area contributed by atoms with E-state index < -0.39 is 22.0 Å². The molecule has 0 bridgehead atoms. The third-order valence-electron chi connectivity index (χ3n) is 4.49. The minimum Gasteiger partial charge on any atom is -0.466 e. The van der Waals surface area contributed by atoms with Gasteiger partial charge < -0.3 is 8.83 Å². The molecule has 148 valence electrons. The normalized spacial score (nSPS) is 17.9. The fourth-order valence-electron chi connectivity index (χ4n) is 3.23. The summed E-state index contributed by atoms with van der Waals surface area (Å²) in [4.78, 5) is 12.7. The molecule has 28 heavy (non-hydrogen) atoms. The highest BCUT2D eigenvalue weighted by molar-refractivity contribution is 7.91. The Hall–Kier alpha value is -2.50. The van der Waals surface area contributed by atoms with Crippen molar-refractivity contribution in [2.45, 2.75) is 36.9 Å². The largest absolute Gasteiger partial charge is 0.466 e. The number of hydrogen-bond acceptors (Lipinski definition) is 8. The van der Waals surface area contributed by atoms with Crippen LogP contribution in [0.3, 0.4) is 0 Å². The lowest BCUT2D eigenvalue weighted by Crippen LogP contribution is -2.42. The van der Waals surface area contributed by atoms with Crippen LogP contribution in [0.4, 0.5) is 6.01 Å². The van der Waals surface area contributed by atoms with Crippen LogP contribution >= 0.6 is 11.3 Å². The van der Waals surface area contributed by atoms with Crippen molar-refractivity contribution in [1.29, 1.82) is 0 Å². The minimum absolute atomic E-state index is 0.0846. The summed E-state index contributed by atoms with van der Waals surface area (Å²) in [5.41, 5.74) is 0.647. The molecular weight excluding hydrogens is 404 g/mol. The van der Waals surface area contributed by atoms with Gasteiger partial charge in [-0.15, -0.1) is 16.4 Å². The molecule has 0 spiro atoms. The summed E-state index contributed by atoms with van der Waals surface area (Å²) in [6.45, 7) is 3.87. The zero-order chi connectivity index (χ0) is 19.9. The minimum atomic E-state index is -3.71. The quantitative estimate of drug-likeness (QED) is 0.671. The fraction of sp³-hybridized carbons (Fsp3) is 0.353. The monoisotopic (exact) mass is 422 g/mol. The zero-order valence-electron chi connectivity index (χ0n) is 15.2. The molecule has 0 radical (unpaired) electrons. The van der Waals surface area contributed by atoms with Gasteiger partial charge in [-0.3, -0.25) is 10.1 Å². The molecule has 1 unspecified atom stereocenters. The Morgan fingerprint density at radius 3 is 2.82 bits per heavy atom. The molecule has 9 nitrogen and oxygen atoms in total. The van der Waals surface area contributed by atoms with Crippen LogP contribution in [0.2, 0.25) is 0 Å². The topological polar surface area (TPSA) is 119 Å². The molecule has 0 aliphatic carbocycles. The predicted octanol–water partition coefficient (Wildman–Crippen LogP) is 2.80. The number of thiophene rings is 1. The summed E-state index contributed by atoms with van der Waals surface area (Å²) in [5, 5.41) is 12.0. The number of anilines is 1. The second-order valence-electron chi connectivity index (χ2n) is 6.43. The Morgan fingerprint density at radius 2 is 2.14 bits per heavy atom. The van der Waals surface area contributed by atoms with Crippen LogP contribution in [-0.2, 0) is 14.8 Å². The van der Waals surface area contributed by atoms with Crippen LogP contribution in [0.15, 0.2) is 36.6 Å². The standard InChI is InChI=1S/C17H18N4O5S2/c1-10-9-12(11(2)25-10)16-19-20-17(26-16)18-15(22)13-5-3-7-21(13)28(23,24)14-6-4-8-27-14/h4,6,8-9,13H,3,5,7H2,1-2H3,(H,18,20,22). The molecule has 4 rings (SSSR count). The molecule has 1 atom stereocenters. The van der Waals surface area contributed by atoms with Gasteiger partial charge >= 0.3 is 6.01 Å². The van der Waals surface area contributed by atoms with Crippen LogP contribution < -0.4 is 5.32 Å². The number of nitrogens with zero attached hydrogens (tertiary/aromatic N) is 3. The van der Waals surface area contributed by atoms with Crippen molar-refractivity contribution in [2.24, 2.45) is 0 Å². The van der Waals surface area contributed by atoms with Gasteiger partial charge in [0.15, 0.2) is 0 Å². The van der Waals surface area contributed by atoms with E-state index in [9.17, 15) is 13.2 Å².